The van der Waals surface area contributed by atoms with Crippen LogP contribution in [-0.4, -0.2) is 36.7 Å². The first-order chi connectivity index (χ1) is 15.7. The smallest absolute Gasteiger partial charge is 0.250 e. The molecule has 5 rings (SSSR count). The SMILES string of the molecule is CCc1cc(-c2cnc3ncc(Cc4ccc5ncccc5c4)n3n2)ccc1C(O)NC. The van der Waals surface area contributed by atoms with Crippen molar-refractivity contribution in [1.29, 1.82) is 0 Å². The highest BCUT2D eigenvalue weighted by Crippen LogP contribution is 2.25. The Hall–Kier alpha value is -3.68. The third-order valence-electron chi connectivity index (χ3n) is 5.74. The standard InChI is InChI=1S/C25H24N6O/c1-3-17-13-19(7-8-21(17)24(32)26-2)23-15-29-25-28-14-20(31(25)30-23)12-16-6-9-22-18(11-16)5-4-10-27-22/h4-11,13-15,24,26,32H,3,12H2,1-2H3. The minimum atomic E-state index is -0.690. The number of hydrogen-bond acceptors (Lipinski definition) is 6. The van der Waals surface area contributed by atoms with Crippen LogP contribution in [0.1, 0.15) is 35.5 Å². The topological polar surface area (TPSA) is 88.2 Å². The molecule has 0 aliphatic rings. The van der Waals surface area contributed by atoms with E-state index in [0.29, 0.717) is 12.2 Å². The lowest BCUT2D eigenvalue weighted by Crippen LogP contribution is -2.17. The monoisotopic (exact) mass is 424 g/mol. The predicted molar refractivity (Wildman–Crippen MR) is 124 cm³/mol. The summed E-state index contributed by atoms with van der Waals surface area (Å²) >= 11 is 0. The highest BCUT2D eigenvalue weighted by molar-refractivity contribution is 5.79. The molecule has 0 bridgehead atoms. The zero-order valence-electron chi connectivity index (χ0n) is 18.0. The fourth-order valence-electron chi connectivity index (χ4n) is 4.01. The highest BCUT2D eigenvalue weighted by Gasteiger charge is 2.13. The van der Waals surface area contributed by atoms with Crippen LogP contribution in [0.2, 0.25) is 0 Å². The molecule has 0 fully saturated rings. The van der Waals surface area contributed by atoms with Crippen LogP contribution in [0.3, 0.4) is 0 Å². The minimum absolute atomic E-state index is 0.573. The van der Waals surface area contributed by atoms with Gasteiger partial charge in [-0.15, -0.1) is 0 Å². The molecule has 0 radical (unpaired) electrons. The summed E-state index contributed by atoms with van der Waals surface area (Å²) in [7, 11) is 1.74. The summed E-state index contributed by atoms with van der Waals surface area (Å²) in [6, 6.07) is 16.3. The molecule has 0 amide bonds. The molecule has 3 aromatic heterocycles. The number of aliphatic hydroxyl groups is 1. The number of pyridine rings is 1. The molecule has 7 nitrogen and oxygen atoms in total. The van der Waals surface area contributed by atoms with E-state index in [4.69, 9.17) is 5.10 Å². The molecule has 3 heterocycles. The van der Waals surface area contributed by atoms with E-state index in [1.807, 2.05) is 35.0 Å². The number of nitrogens with zero attached hydrogens (tertiary/aromatic N) is 5. The Morgan fingerprint density at radius 3 is 2.75 bits per heavy atom. The van der Waals surface area contributed by atoms with Crippen LogP contribution < -0.4 is 5.32 Å². The Bertz CT molecular complexity index is 1410. The molecule has 32 heavy (non-hydrogen) atoms. The summed E-state index contributed by atoms with van der Waals surface area (Å²) in [4.78, 5) is 13.3. The van der Waals surface area contributed by atoms with Gasteiger partial charge in [0.2, 0.25) is 0 Å². The number of imidazole rings is 1. The van der Waals surface area contributed by atoms with Gasteiger partial charge in [-0.05, 0) is 54.4 Å². The Morgan fingerprint density at radius 1 is 1.03 bits per heavy atom. The number of hydrogen-bond donors (Lipinski definition) is 2. The van der Waals surface area contributed by atoms with Gasteiger partial charge in [0, 0.05) is 23.6 Å². The molecule has 1 unspecified atom stereocenters. The quantitative estimate of drug-likeness (QED) is 0.404. The van der Waals surface area contributed by atoms with Gasteiger partial charge < -0.3 is 5.11 Å². The Morgan fingerprint density at radius 2 is 1.91 bits per heavy atom. The number of fused-ring (bicyclic) bond motifs is 2. The van der Waals surface area contributed by atoms with Crippen molar-refractivity contribution in [3.05, 3.63) is 89.5 Å². The first-order valence-electron chi connectivity index (χ1n) is 10.7. The van der Waals surface area contributed by atoms with Crippen LogP contribution in [-0.2, 0) is 12.8 Å². The molecule has 160 valence electrons. The third-order valence-corrected chi connectivity index (χ3v) is 5.74. The van der Waals surface area contributed by atoms with Crippen molar-refractivity contribution in [2.75, 3.05) is 7.05 Å². The lowest BCUT2D eigenvalue weighted by molar-refractivity contribution is 0.148. The van der Waals surface area contributed by atoms with Crippen LogP contribution in [0.4, 0.5) is 0 Å². The largest absolute Gasteiger partial charge is 0.374 e. The second kappa shape index (κ2) is 8.45. The van der Waals surface area contributed by atoms with E-state index in [-0.39, 0.29) is 0 Å². The number of nitrogens with one attached hydrogen (secondary N) is 1. The average molecular weight is 425 g/mol. The van der Waals surface area contributed by atoms with Crippen LogP contribution in [0.25, 0.3) is 27.9 Å². The molecular formula is C25H24N6O. The average Bonchev–Trinajstić information content (AvgIpc) is 3.25. The summed E-state index contributed by atoms with van der Waals surface area (Å²) in [6.45, 7) is 2.08. The zero-order chi connectivity index (χ0) is 22.1. The van der Waals surface area contributed by atoms with E-state index in [1.54, 1.807) is 19.4 Å². The molecule has 0 saturated carbocycles. The lowest BCUT2D eigenvalue weighted by atomic mass is 9.99. The molecule has 0 saturated heterocycles. The van der Waals surface area contributed by atoms with Crippen LogP contribution in [0.15, 0.2) is 67.1 Å². The second-order valence-corrected chi connectivity index (χ2v) is 7.77. The van der Waals surface area contributed by atoms with E-state index >= 15 is 0 Å². The van der Waals surface area contributed by atoms with Crippen molar-refractivity contribution in [1.82, 2.24) is 29.9 Å². The van der Waals surface area contributed by atoms with Gasteiger partial charge in [-0.2, -0.15) is 5.10 Å². The maximum absolute atomic E-state index is 10.2. The Kier molecular flexibility index (Phi) is 5.34. The normalized spacial score (nSPS) is 12.5. The van der Waals surface area contributed by atoms with Crippen molar-refractivity contribution < 1.29 is 5.11 Å². The van der Waals surface area contributed by atoms with Gasteiger partial charge >= 0.3 is 0 Å². The van der Waals surface area contributed by atoms with Gasteiger partial charge in [0.1, 0.15) is 11.9 Å². The van der Waals surface area contributed by atoms with Crippen LogP contribution >= 0.6 is 0 Å². The molecule has 1 atom stereocenters. The maximum atomic E-state index is 10.2. The van der Waals surface area contributed by atoms with Gasteiger partial charge in [0.25, 0.3) is 5.78 Å². The molecule has 7 heteroatoms. The van der Waals surface area contributed by atoms with Crippen molar-refractivity contribution >= 4 is 16.7 Å². The number of aromatic nitrogens is 5. The Balaban J connectivity index is 1.51. The van der Waals surface area contributed by atoms with Gasteiger partial charge in [0.05, 0.1) is 23.6 Å². The molecule has 0 aliphatic carbocycles. The van der Waals surface area contributed by atoms with E-state index in [2.05, 4.69) is 51.5 Å². The van der Waals surface area contributed by atoms with Gasteiger partial charge in [0.15, 0.2) is 0 Å². The molecule has 0 aliphatic heterocycles. The van der Waals surface area contributed by atoms with E-state index in [0.717, 1.165) is 51.0 Å². The summed E-state index contributed by atoms with van der Waals surface area (Å²) in [5.41, 5.74) is 6.78. The number of benzene rings is 2. The molecule has 2 aromatic carbocycles. The number of rotatable bonds is 6. The molecule has 0 spiro atoms. The van der Waals surface area contributed by atoms with E-state index in [9.17, 15) is 5.11 Å². The lowest BCUT2D eigenvalue weighted by Gasteiger charge is -2.15. The van der Waals surface area contributed by atoms with Gasteiger partial charge in [-0.3, -0.25) is 10.3 Å². The number of aliphatic hydroxyl groups excluding tert-OH is 1. The summed E-state index contributed by atoms with van der Waals surface area (Å²) in [6.07, 6.45) is 6.19. The Labute approximate surface area is 185 Å². The van der Waals surface area contributed by atoms with Gasteiger partial charge in [-0.25, -0.2) is 14.5 Å². The van der Waals surface area contributed by atoms with E-state index in [1.165, 1.54) is 0 Å². The first-order valence-corrected chi connectivity index (χ1v) is 10.7. The minimum Gasteiger partial charge on any atom is -0.374 e. The third kappa shape index (κ3) is 3.72. The zero-order valence-corrected chi connectivity index (χ0v) is 18.0. The predicted octanol–water partition coefficient (Wildman–Crippen LogP) is 3.70. The maximum Gasteiger partial charge on any atom is 0.250 e. The van der Waals surface area contributed by atoms with Crippen molar-refractivity contribution in [3.63, 3.8) is 0 Å². The number of aryl methyl sites for hydroxylation is 1. The second-order valence-electron chi connectivity index (χ2n) is 7.77. The fourth-order valence-corrected chi connectivity index (χ4v) is 4.01. The summed E-state index contributed by atoms with van der Waals surface area (Å²) in [5, 5.41) is 19.0. The molecule has 2 N–H and O–H groups in total. The highest BCUT2D eigenvalue weighted by atomic mass is 16.3. The molecule has 5 aromatic rings. The molecular weight excluding hydrogens is 400 g/mol. The van der Waals surface area contributed by atoms with Crippen LogP contribution in [0, 0.1) is 0 Å². The van der Waals surface area contributed by atoms with Crippen LogP contribution in [0.5, 0.6) is 0 Å². The first kappa shape index (κ1) is 20.2. The van der Waals surface area contributed by atoms with Crippen molar-refractivity contribution in [3.8, 4) is 11.3 Å². The van der Waals surface area contributed by atoms with Gasteiger partial charge in [-0.1, -0.05) is 31.2 Å². The van der Waals surface area contributed by atoms with E-state index < -0.39 is 6.23 Å². The summed E-state index contributed by atoms with van der Waals surface area (Å²) in [5.74, 6) is 0.573. The summed E-state index contributed by atoms with van der Waals surface area (Å²) < 4.78 is 1.81. The van der Waals surface area contributed by atoms with Crippen molar-refractivity contribution in [2.24, 2.45) is 0 Å². The fraction of sp³-hybridized carbons (Fsp3) is 0.200. The van der Waals surface area contributed by atoms with Crippen molar-refractivity contribution in [2.45, 2.75) is 26.0 Å².